The van der Waals surface area contributed by atoms with Crippen LogP contribution in [0.4, 0.5) is 5.13 Å². The highest BCUT2D eigenvalue weighted by molar-refractivity contribution is 7.15. The average Bonchev–Trinajstić information content (AvgIpc) is 2.75. The molecule has 0 aliphatic carbocycles. The minimum absolute atomic E-state index is 0.644. The number of nitrogens with zero attached hydrogens (tertiary/aromatic N) is 2. The highest BCUT2D eigenvalue weighted by atomic mass is 32.1. The Balaban J connectivity index is 1.91. The number of nitrogens with two attached hydrogens (primary N) is 1. The molecular weight excluding hydrogens is 242 g/mol. The summed E-state index contributed by atoms with van der Waals surface area (Å²) in [6.07, 6.45) is 2.95. The molecule has 2 N–H and O–H groups in total. The van der Waals surface area contributed by atoms with Crippen LogP contribution in [0, 0.1) is 0 Å². The lowest BCUT2D eigenvalue weighted by atomic mass is 10.1. The van der Waals surface area contributed by atoms with E-state index in [0.717, 1.165) is 19.5 Å². The van der Waals surface area contributed by atoms with Crippen LogP contribution in [0.2, 0.25) is 0 Å². The summed E-state index contributed by atoms with van der Waals surface area (Å²) in [6, 6.07) is 8.81. The van der Waals surface area contributed by atoms with Gasteiger partial charge in [0.05, 0.1) is 0 Å². The summed E-state index contributed by atoms with van der Waals surface area (Å²) in [4.78, 5) is 7.55. The zero-order chi connectivity index (χ0) is 13.0. The first kappa shape index (κ1) is 13.1. The van der Waals surface area contributed by atoms with E-state index in [1.165, 1.54) is 16.0 Å². The first-order valence-corrected chi connectivity index (χ1v) is 6.95. The summed E-state index contributed by atoms with van der Waals surface area (Å²) >= 11 is 1.56. The van der Waals surface area contributed by atoms with Crippen molar-refractivity contribution < 1.29 is 0 Å². The monoisotopic (exact) mass is 261 g/mol. The fraction of sp³-hybridized carbons (Fsp3) is 0.357. The van der Waals surface area contributed by atoms with Crippen LogP contribution in [0.25, 0.3) is 0 Å². The Bertz CT molecular complexity index is 490. The second-order valence-electron chi connectivity index (χ2n) is 4.51. The molecule has 0 aliphatic heterocycles. The van der Waals surface area contributed by atoms with Crippen LogP contribution >= 0.6 is 11.3 Å². The molecule has 2 aromatic rings. The Morgan fingerprint density at radius 1 is 1.17 bits per heavy atom. The van der Waals surface area contributed by atoms with E-state index in [2.05, 4.69) is 48.1 Å². The predicted octanol–water partition coefficient (Wildman–Crippen LogP) is 2.92. The number of nitrogen functional groups attached to an aromatic ring is 1. The Labute approximate surface area is 112 Å². The lowest BCUT2D eigenvalue weighted by Gasteiger charge is -2.15. The topological polar surface area (TPSA) is 42.2 Å². The lowest BCUT2D eigenvalue weighted by Crippen LogP contribution is -2.16. The molecule has 4 heteroatoms. The van der Waals surface area contributed by atoms with Crippen molar-refractivity contribution >= 4 is 16.5 Å². The van der Waals surface area contributed by atoms with E-state index in [1.54, 1.807) is 11.3 Å². The van der Waals surface area contributed by atoms with E-state index >= 15 is 0 Å². The number of anilines is 1. The third-order valence-corrected chi connectivity index (χ3v) is 3.69. The third kappa shape index (κ3) is 3.55. The second-order valence-corrected chi connectivity index (χ2v) is 5.65. The van der Waals surface area contributed by atoms with Gasteiger partial charge in [-0.15, -0.1) is 11.3 Å². The normalized spacial score (nSPS) is 11.1. The SMILES string of the molecule is CCc1ccc(CN(C)Cc2cnc(N)s2)cc1. The van der Waals surface area contributed by atoms with Crippen LogP contribution in [0.15, 0.2) is 30.5 Å². The van der Waals surface area contributed by atoms with Gasteiger partial charge in [0.15, 0.2) is 5.13 Å². The van der Waals surface area contributed by atoms with Crippen molar-refractivity contribution in [3.05, 3.63) is 46.5 Å². The molecular formula is C14H19N3S. The standard InChI is InChI=1S/C14H19N3S/c1-3-11-4-6-12(7-5-11)9-17(2)10-13-8-16-14(15)18-13/h4-8H,3,9-10H2,1-2H3,(H2,15,16). The quantitative estimate of drug-likeness (QED) is 0.900. The van der Waals surface area contributed by atoms with E-state index < -0.39 is 0 Å². The summed E-state index contributed by atoms with van der Waals surface area (Å²) in [5, 5.41) is 0.644. The van der Waals surface area contributed by atoms with Gasteiger partial charge in [-0.2, -0.15) is 0 Å². The van der Waals surface area contributed by atoms with Gasteiger partial charge in [-0.1, -0.05) is 31.2 Å². The van der Waals surface area contributed by atoms with Crippen LogP contribution in [-0.4, -0.2) is 16.9 Å². The molecule has 1 aromatic carbocycles. The largest absolute Gasteiger partial charge is 0.375 e. The average molecular weight is 261 g/mol. The summed E-state index contributed by atoms with van der Waals surface area (Å²) in [7, 11) is 2.11. The Kier molecular flexibility index (Phi) is 4.33. The molecule has 1 aromatic heterocycles. The number of hydrogen-bond acceptors (Lipinski definition) is 4. The molecule has 0 amide bonds. The Morgan fingerprint density at radius 3 is 2.39 bits per heavy atom. The zero-order valence-electron chi connectivity index (χ0n) is 10.9. The minimum atomic E-state index is 0.644. The number of thiazole rings is 1. The molecule has 18 heavy (non-hydrogen) atoms. The van der Waals surface area contributed by atoms with Gasteiger partial charge in [0.1, 0.15) is 0 Å². The number of aromatic nitrogens is 1. The van der Waals surface area contributed by atoms with Crippen LogP contribution in [0.3, 0.4) is 0 Å². The van der Waals surface area contributed by atoms with Gasteiger partial charge in [0.25, 0.3) is 0 Å². The molecule has 1 heterocycles. The first-order chi connectivity index (χ1) is 8.67. The van der Waals surface area contributed by atoms with Gasteiger partial charge in [0.2, 0.25) is 0 Å². The predicted molar refractivity (Wildman–Crippen MR) is 77.5 cm³/mol. The van der Waals surface area contributed by atoms with Crippen LogP contribution < -0.4 is 5.73 Å². The van der Waals surface area contributed by atoms with Crippen molar-refractivity contribution in [2.75, 3.05) is 12.8 Å². The highest BCUT2D eigenvalue weighted by Crippen LogP contribution is 2.17. The van der Waals surface area contributed by atoms with Crippen molar-refractivity contribution in [3.8, 4) is 0 Å². The molecule has 96 valence electrons. The van der Waals surface area contributed by atoms with Gasteiger partial charge in [-0.05, 0) is 24.6 Å². The van der Waals surface area contributed by atoms with Gasteiger partial charge in [-0.3, -0.25) is 4.90 Å². The van der Waals surface area contributed by atoms with Crippen molar-refractivity contribution in [1.82, 2.24) is 9.88 Å². The van der Waals surface area contributed by atoms with Crippen molar-refractivity contribution in [2.45, 2.75) is 26.4 Å². The molecule has 0 radical (unpaired) electrons. The molecule has 0 spiro atoms. The van der Waals surface area contributed by atoms with Crippen LogP contribution in [0.1, 0.15) is 22.9 Å². The van der Waals surface area contributed by atoms with E-state index in [1.807, 2.05) is 6.20 Å². The van der Waals surface area contributed by atoms with Crippen molar-refractivity contribution in [3.63, 3.8) is 0 Å². The third-order valence-electron chi connectivity index (χ3n) is 2.88. The van der Waals surface area contributed by atoms with E-state index in [0.29, 0.717) is 5.13 Å². The maximum Gasteiger partial charge on any atom is 0.180 e. The van der Waals surface area contributed by atoms with Gasteiger partial charge in [0, 0.05) is 24.2 Å². The number of benzene rings is 1. The van der Waals surface area contributed by atoms with Gasteiger partial charge in [-0.25, -0.2) is 4.98 Å². The van der Waals surface area contributed by atoms with E-state index in [-0.39, 0.29) is 0 Å². The summed E-state index contributed by atoms with van der Waals surface area (Å²) in [5.74, 6) is 0. The van der Waals surface area contributed by atoms with Crippen LogP contribution in [-0.2, 0) is 19.5 Å². The summed E-state index contributed by atoms with van der Waals surface area (Å²) in [5.41, 5.74) is 8.35. The first-order valence-electron chi connectivity index (χ1n) is 6.14. The zero-order valence-corrected chi connectivity index (χ0v) is 11.7. The van der Waals surface area contributed by atoms with Crippen LogP contribution in [0.5, 0.6) is 0 Å². The minimum Gasteiger partial charge on any atom is -0.375 e. The van der Waals surface area contributed by atoms with Crippen molar-refractivity contribution in [1.29, 1.82) is 0 Å². The Morgan fingerprint density at radius 2 is 1.83 bits per heavy atom. The van der Waals surface area contributed by atoms with Crippen molar-refractivity contribution in [2.24, 2.45) is 0 Å². The molecule has 0 aliphatic rings. The maximum atomic E-state index is 5.63. The molecule has 0 bridgehead atoms. The number of hydrogen-bond donors (Lipinski definition) is 1. The van der Waals surface area contributed by atoms with Gasteiger partial charge < -0.3 is 5.73 Å². The molecule has 2 rings (SSSR count). The molecule has 0 saturated heterocycles. The molecule has 0 fully saturated rings. The highest BCUT2D eigenvalue weighted by Gasteiger charge is 2.04. The number of aryl methyl sites for hydroxylation is 1. The summed E-state index contributed by atoms with van der Waals surface area (Å²) in [6.45, 7) is 4.02. The second kappa shape index (κ2) is 5.98. The fourth-order valence-corrected chi connectivity index (χ4v) is 2.67. The molecule has 0 saturated carbocycles. The maximum absolute atomic E-state index is 5.63. The van der Waals surface area contributed by atoms with E-state index in [4.69, 9.17) is 5.73 Å². The Hall–Kier alpha value is -1.39. The molecule has 3 nitrogen and oxygen atoms in total. The molecule has 0 atom stereocenters. The van der Waals surface area contributed by atoms with E-state index in [9.17, 15) is 0 Å². The lowest BCUT2D eigenvalue weighted by molar-refractivity contribution is 0.322. The smallest absolute Gasteiger partial charge is 0.180 e. The van der Waals surface area contributed by atoms with Gasteiger partial charge >= 0.3 is 0 Å². The summed E-state index contributed by atoms with van der Waals surface area (Å²) < 4.78 is 0. The number of rotatable bonds is 5. The fourth-order valence-electron chi connectivity index (χ4n) is 1.91. The molecule has 0 unspecified atom stereocenters.